The number of pyridine rings is 1. The van der Waals surface area contributed by atoms with E-state index in [-0.39, 0.29) is 11.9 Å². The van der Waals surface area contributed by atoms with Gasteiger partial charge in [0.2, 0.25) is 5.91 Å². The molecule has 0 saturated heterocycles. The molecule has 106 valence electrons. The summed E-state index contributed by atoms with van der Waals surface area (Å²) in [6.07, 6.45) is 9.64. The van der Waals surface area contributed by atoms with Crippen LogP contribution in [0.2, 0.25) is 0 Å². The van der Waals surface area contributed by atoms with E-state index in [1.165, 1.54) is 6.08 Å². The van der Waals surface area contributed by atoms with Gasteiger partial charge in [0.15, 0.2) is 0 Å². The lowest BCUT2D eigenvalue weighted by Crippen LogP contribution is -2.44. The summed E-state index contributed by atoms with van der Waals surface area (Å²) in [5, 5.41) is 11.9. The standard InChI is InChI=1S/C15H18N2O3/c18-14(8-7-11-4-3-9-16-10-11)17-13-6-2-1-5-12(13)15(19)20/h3-4,7-10,12-13H,1-2,5-6H2,(H,17,18)(H,19,20). The maximum atomic E-state index is 11.8. The molecule has 1 saturated carbocycles. The molecule has 0 radical (unpaired) electrons. The number of amides is 1. The molecule has 0 spiro atoms. The summed E-state index contributed by atoms with van der Waals surface area (Å²) < 4.78 is 0. The number of hydrogen-bond donors (Lipinski definition) is 2. The van der Waals surface area contributed by atoms with E-state index in [0.29, 0.717) is 6.42 Å². The van der Waals surface area contributed by atoms with Crippen molar-refractivity contribution in [3.05, 3.63) is 36.2 Å². The van der Waals surface area contributed by atoms with E-state index in [4.69, 9.17) is 5.11 Å². The summed E-state index contributed by atoms with van der Waals surface area (Å²) in [7, 11) is 0. The largest absolute Gasteiger partial charge is 0.481 e. The van der Waals surface area contributed by atoms with Crippen LogP contribution in [0.15, 0.2) is 30.6 Å². The van der Waals surface area contributed by atoms with Gasteiger partial charge in [0, 0.05) is 24.5 Å². The van der Waals surface area contributed by atoms with Crippen molar-refractivity contribution in [3.8, 4) is 0 Å². The third-order valence-electron chi connectivity index (χ3n) is 3.52. The van der Waals surface area contributed by atoms with Gasteiger partial charge >= 0.3 is 5.97 Å². The average Bonchev–Trinajstić information content (AvgIpc) is 2.46. The SMILES string of the molecule is O=C(C=Cc1cccnc1)NC1CCCCC1C(=O)O. The number of carboxylic acids is 1. The summed E-state index contributed by atoms with van der Waals surface area (Å²) in [5.74, 6) is -1.56. The molecule has 2 unspecified atom stereocenters. The van der Waals surface area contributed by atoms with Crippen LogP contribution in [0.4, 0.5) is 0 Å². The van der Waals surface area contributed by atoms with Gasteiger partial charge in [-0.2, -0.15) is 0 Å². The van der Waals surface area contributed by atoms with Crippen LogP contribution in [0.25, 0.3) is 6.08 Å². The molecule has 1 amide bonds. The first kappa shape index (κ1) is 14.2. The smallest absolute Gasteiger partial charge is 0.308 e. The molecular formula is C15H18N2O3. The fraction of sp³-hybridized carbons (Fsp3) is 0.400. The highest BCUT2D eigenvalue weighted by Gasteiger charge is 2.31. The minimum Gasteiger partial charge on any atom is -0.481 e. The summed E-state index contributed by atoms with van der Waals surface area (Å²) in [6.45, 7) is 0. The molecule has 0 aliphatic heterocycles. The van der Waals surface area contributed by atoms with Crippen LogP contribution in [-0.4, -0.2) is 28.0 Å². The van der Waals surface area contributed by atoms with Crippen molar-refractivity contribution < 1.29 is 14.7 Å². The second-order valence-electron chi connectivity index (χ2n) is 4.96. The van der Waals surface area contributed by atoms with Crippen molar-refractivity contribution in [1.82, 2.24) is 10.3 Å². The number of aromatic nitrogens is 1. The average molecular weight is 274 g/mol. The predicted molar refractivity (Wildman–Crippen MR) is 74.8 cm³/mol. The minimum absolute atomic E-state index is 0.257. The van der Waals surface area contributed by atoms with E-state index >= 15 is 0 Å². The van der Waals surface area contributed by atoms with Gasteiger partial charge in [-0.05, 0) is 30.5 Å². The number of hydrogen-bond acceptors (Lipinski definition) is 3. The Bertz CT molecular complexity index is 499. The van der Waals surface area contributed by atoms with E-state index in [9.17, 15) is 9.59 Å². The molecule has 1 aliphatic carbocycles. The Morgan fingerprint density at radius 2 is 2.15 bits per heavy atom. The first-order chi connectivity index (χ1) is 9.66. The van der Waals surface area contributed by atoms with E-state index in [1.54, 1.807) is 24.5 Å². The van der Waals surface area contributed by atoms with Crippen molar-refractivity contribution in [2.45, 2.75) is 31.7 Å². The second-order valence-corrected chi connectivity index (χ2v) is 4.96. The van der Waals surface area contributed by atoms with Crippen LogP contribution in [0.1, 0.15) is 31.2 Å². The van der Waals surface area contributed by atoms with Crippen molar-refractivity contribution in [3.63, 3.8) is 0 Å². The van der Waals surface area contributed by atoms with E-state index in [0.717, 1.165) is 24.8 Å². The van der Waals surface area contributed by atoms with Crippen LogP contribution < -0.4 is 5.32 Å². The highest BCUT2D eigenvalue weighted by Crippen LogP contribution is 2.24. The molecule has 1 heterocycles. The van der Waals surface area contributed by atoms with Crippen molar-refractivity contribution >= 4 is 18.0 Å². The molecule has 0 bridgehead atoms. The Balaban J connectivity index is 1.93. The van der Waals surface area contributed by atoms with E-state index in [2.05, 4.69) is 10.3 Å². The number of carboxylic acid groups (broad SMARTS) is 1. The lowest BCUT2D eigenvalue weighted by atomic mass is 9.84. The number of aliphatic carboxylic acids is 1. The summed E-state index contributed by atoms with van der Waals surface area (Å²) in [4.78, 5) is 26.9. The Morgan fingerprint density at radius 1 is 1.35 bits per heavy atom. The Kier molecular flexibility index (Phi) is 4.87. The van der Waals surface area contributed by atoms with Crippen LogP contribution >= 0.6 is 0 Å². The zero-order valence-corrected chi connectivity index (χ0v) is 11.2. The van der Waals surface area contributed by atoms with Gasteiger partial charge in [0.25, 0.3) is 0 Å². The molecule has 2 N–H and O–H groups in total. The Labute approximate surface area is 117 Å². The van der Waals surface area contributed by atoms with Gasteiger partial charge in [-0.25, -0.2) is 0 Å². The minimum atomic E-state index is -0.828. The molecule has 5 nitrogen and oxygen atoms in total. The number of rotatable bonds is 4. The van der Waals surface area contributed by atoms with Crippen molar-refractivity contribution in [2.24, 2.45) is 5.92 Å². The third-order valence-corrected chi connectivity index (χ3v) is 3.52. The van der Waals surface area contributed by atoms with Crippen LogP contribution in [0.3, 0.4) is 0 Å². The molecule has 1 aromatic rings. The highest BCUT2D eigenvalue weighted by molar-refractivity contribution is 5.92. The monoisotopic (exact) mass is 274 g/mol. The van der Waals surface area contributed by atoms with Gasteiger partial charge in [-0.1, -0.05) is 18.9 Å². The topological polar surface area (TPSA) is 79.3 Å². The maximum absolute atomic E-state index is 11.8. The molecule has 1 aromatic heterocycles. The Morgan fingerprint density at radius 3 is 2.85 bits per heavy atom. The second kappa shape index (κ2) is 6.84. The molecule has 0 aromatic carbocycles. The van der Waals surface area contributed by atoms with Crippen molar-refractivity contribution in [1.29, 1.82) is 0 Å². The summed E-state index contributed by atoms with van der Waals surface area (Å²) >= 11 is 0. The Hall–Kier alpha value is -2.17. The molecular weight excluding hydrogens is 256 g/mol. The lowest BCUT2D eigenvalue weighted by molar-refractivity contribution is -0.144. The summed E-state index contributed by atoms with van der Waals surface area (Å²) in [5.41, 5.74) is 0.834. The number of carbonyl (C=O) groups is 2. The van der Waals surface area contributed by atoms with Crippen molar-refractivity contribution in [2.75, 3.05) is 0 Å². The molecule has 1 fully saturated rings. The van der Waals surface area contributed by atoms with Crippen LogP contribution in [-0.2, 0) is 9.59 Å². The van der Waals surface area contributed by atoms with Gasteiger partial charge in [0.1, 0.15) is 0 Å². The zero-order chi connectivity index (χ0) is 14.4. The predicted octanol–water partition coefficient (Wildman–Crippen LogP) is 1.85. The van der Waals surface area contributed by atoms with Gasteiger partial charge in [-0.3, -0.25) is 14.6 Å². The van der Waals surface area contributed by atoms with Gasteiger partial charge < -0.3 is 10.4 Å². The zero-order valence-electron chi connectivity index (χ0n) is 11.2. The number of nitrogens with zero attached hydrogens (tertiary/aromatic N) is 1. The van der Waals surface area contributed by atoms with Gasteiger partial charge in [0.05, 0.1) is 5.92 Å². The normalized spacial score (nSPS) is 22.6. The molecule has 1 aliphatic rings. The van der Waals surface area contributed by atoms with Gasteiger partial charge in [-0.15, -0.1) is 0 Å². The van der Waals surface area contributed by atoms with Crippen LogP contribution in [0.5, 0.6) is 0 Å². The van der Waals surface area contributed by atoms with Crippen LogP contribution in [0, 0.1) is 5.92 Å². The third kappa shape index (κ3) is 3.91. The fourth-order valence-corrected chi connectivity index (χ4v) is 2.48. The summed E-state index contributed by atoms with van der Waals surface area (Å²) in [6, 6.07) is 3.36. The molecule has 2 atom stereocenters. The highest BCUT2D eigenvalue weighted by atomic mass is 16.4. The maximum Gasteiger partial charge on any atom is 0.308 e. The van der Waals surface area contributed by atoms with E-state index in [1.807, 2.05) is 6.07 Å². The first-order valence-corrected chi connectivity index (χ1v) is 6.78. The molecule has 2 rings (SSSR count). The number of carbonyl (C=O) groups excluding carboxylic acids is 1. The first-order valence-electron chi connectivity index (χ1n) is 6.78. The fourth-order valence-electron chi connectivity index (χ4n) is 2.48. The molecule has 5 heteroatoms. The van der Waals surface area contributed by atoms with E-state index < -0.39 is 11.9 Å². The number of nitrogens with one attached hydrogen (secondary N) is 1. The lowest BCUT2D eigenvalue weighted by Gasteiger charge is -2.28. The quantitative estimate of drug-likeness (QED) is 0.821. The molecule has 20 heavy (non-hydrogen) atoms.